The second kappa shape index (κ2) is 6.41. The number of hydrogen-bond acceptors (Lipinski definition) is 4. The van der Waals surface area contributed by atoms with Gasteiger partial charge in [-0.1, -0.05) is 30.5 Å². The zero-order chi connectivity index (χ0) is 15.5. The van der Waals surface area contributed by atoms with Gasteiger partial charge in [0.2, 0.25) is 5.91 Å². The molecule has 1 fully saturated rings. The summed E-state index contributed by atoms with van der Waals surface area (Å²) >= 11 is 5.99. The van der Waals surface area contributed by atoms with Gasteiger partial charge in [0.15, 0.2) is 0 Å². The lowest BCUT2D eigenvalue weighted by atomic mass is 9.97. The molecule has 0 bridgehead atoms. The quantitative estimate of drug-likeness (QED) is 0.643. The minimum atomic E-state index is -0.516. The van der Waals surface area contributed by atoms with Gasteiger partial charge in [0.05, 0.1) is 21.9 Å². The van der Waals surface area contributed by atoms with Crippen LogP contribution in [0.2, 0.25) is 5.02 Å². The van der Waals surface area contributed by atoms with Crippen molar-refractivity contribution in [3.8, 4) is 0 Å². The maximum atomic E-state index is 12.1. The molecule has 1 amide bonds. The van der Waals surface area contributed by atoms with E-state index in [1.165, 1.54) is 18.2 Å². The van der Waals surface area contributed by atoms with Gasteiger partial charge in [-0.2, -0.15) is 0 Å². The number of nitrogens with zero attached hydrogens (tertiary/aromatic N) is 1. The lowest BCUT2D eigenvalue weighted by Crippen LogP contribution is -2.52. The summed E-state index contributed by atoms with van der Waals surface area (Å²) in [7, 11) is 0. The Morgan fingerprint density at radius 1 is 1.43 bits per heavy atom. The Morgan fingerprint density at radius 2 is 2.10 bits per heavy atom. The fraction of sp³-hybridized carbons (Fsp3) is 0.500. The molecule has 6 nitrogen and oxygen atoms in total. The standard InChI is InChI=1S/C14H18ClN3O3/c15-12-8-11(18(20)21)4-3-10(12)7-13(19)17-14(9-16)5-1-2-6-14/h3-4,8H,1-2,5-7,9,16H2,(H,17,19). The molecular weight excluding hydrogens is 294 g/mol. The van der Waals surface area contributed by atoms with Crippen LogP contribution in [0.1, 0.15) is 31.2 Å². The molecule has 0 atom stereocenters. The number of amides is 1. The van der Waals surface area contributed by atoms with E-state index in [9.17, 15) is 14.9 Å². The van der Waals surface area contributed by atoms with Crippen molar-refractivity contribution in [2.24, 2.45) is 5.73 Å². The first-order valence-corrected chi connectivity index (χ1v) is 7.27. The average molecular weight is 312 g/mol. The van der Waals surface area contributed by atoms with E-state index in [1.54, 1.807) is 0 Å². The number of carbonyl (C=O) groups excluding carboxylic acids is 1. The van der Waals surface area contributed by atoms with Crippen molar-refractivity contribution in [3.05, 3.63) is 38.9 Å². The van der Waals surface area contributed by atoms with Crippen molar-refractivity contribution in [1.82, 2.24) is 5.32 Å². The highest BCUT2D eigenvalue weighted by atomic mass is 35.5. The summed E-state index contributed by atoms with van der Waals surface area (Å²) in [5.41, 5.74) is 5.97. The molecule has 0 aliphatic heterocycles. The van der Waals surface area contributed by atoms with E-state index in [0.717, 1.165) is 25.7 Å². The number of hydrogen-bond donors (Lipinski definition) is 2. The van der Waals surface area contributed by atoms with Gasteiger partial charge in [-0.3, -0.25) is 14.9 Å². The molecule has 1 aliphatic rings. The fourth-order valence-corrected chi connectivity index (χ4v) is 2.98. The highest BCUT2D eigenvalue weighted by molar-refractivity contribution is 6.31. The zero-order valence-electron chi connectivity index (χ0n) is 11.6. The predicted molar refractivity (Wildman–Crippen MR) is 80.2 cm³/mol. The molecule has 114 valence electrons. The molecule has 0 radical (unpaired) electrons. The van der Waals surface area contributed by atoms with Crippen LogP contribution >= 0.6 is 11.6 Å². The first-order chi connectivity index (χ1) is 9.96. The van der Waals surface area contributed by atoms with Gasteiger partial charge in [-0.05, 0) is 18.4 Å². The molecular formula is C14H18ClN3O3. The largest absolute Gasteiger partial charge is 0.349 e. The van der Waals surface area contributed by atoms with E-state index < -0.39 is 4.92 Å². The molecule has 0 heterocycles. The van der Waals surface area contributed by atoms with E-state index in [2.05, 4.69) is 5.32 Å². The number of carbonyl (C=O) groups is 1. The predicted octanol–water partition coefficient (Wildman–Crippen LogP) is 2.18. The number of rotatable bonds is 5. The van der Waals surface area contributed by atoms with Gasteiger partial charge < -0.3 is 11.1 Å². The third-order valence-corrected chi connectivity index (χ3v) is 4.31. The van der Waals surface area contributed by atoms with Crippen molar-refractivity contribution < 1.29 is 9.72 Å². The molecule has 2 rings (SSSR count). The van der Waals surface area contributed by atoms with Crippen LogP contribution in [0.3, 0.4) is 0 Å². The molecule has 1 aromatic rings. The van der Waals surface area contributed by atoms with E-state index in [-0.39, 0.29) is 28.6 Å². The third-order valence-electron chi connectivity index (χ3n) is 3.95. The monoisotopic (exact) mass is 311 g/mol. The van der Waals surface area contributed by atoms with Crippen LogP contribution in [0.4, 0.5) is 5.69 Å². The van der Waals surface area contributed by atoms with Crippen LogP contribution in [0.25, 0.3) is 0 Å². The average Bonchev–Trinajstić information content (AvgIpc) is 2.90. The minimum absolute atomic E-state index is 0.0848. The maximum absolute atomic E-state index is 12.1. The second-order valence-corrected chi connectivity index (χ2v) is 5.86. The number of nitrogens with one attached hydrogen (secondary N) is 1. The Balaban J connectivity index is 2.04. The summed E-state index contributed by atoms with van der Waals surface area (Å²) in [6, 6.07) is 4.13. The summed E-state index contributed by atoms with van der Waals surface area (Å²) in [6.45, 7) is 0.423. The summed E-state index contributed by atoms with van der Waals surface area (Å²) in [6.07, 6.45) is 4.01. The fourth-order valence-electron chi connectivity index (χ4n) is 2.74. The zero-order valence-corrected chi connectivity index (χ0v) is 12.4. The highest BCUT2D eigenvalue weighted by Crippen LogP contribution is 2.29. The lowest BCUT2D eigenvalue weighted by molar-refractivity contribution is -0.384. The maximum Gasteiger partial charge on any atom is 0.270 e. The Kier molecular flexibility index (Phi) is 4.80. The van der Waals surface area contributed by atoms with Crippen LogP contribution in [0.15, 0.2) is 18.2 Å². The topological polar surface area (TPSA) is 98.3 Å². The number of nitro benzene ring substituents is 1. The van der Waals surface area contributed by atoms with Gasteiger partial charge in [-0.25, -0.2) is 0 Å². The molecule has 0 aromatic heterocycles. The van der Waals surface area contributed by atoms with Crippen LogP contribution in [0, 0.1) is 10.1 Å². The van der Waals surface area contributed by atoms with Crippen molar-refractivity contribution in [3.63, 3.8) is 0 Å². The first-order valence-electron chi connectivity index (χ1n) is 6.90. The molecule has 1 aromatic carbocycles. The Bertz CT molecular complexity index is 556. The van der Waals surface area contributed by atoms with Crippen LogP contribution in [-0.4, -0.2) is 22.9 Å². The molecule has 0 saturated heterocycles. The molecule has 7 heteroatoms. The van der Waals surface area contributed by atoms with Crippen molar-refractivity contribution in [1.29, 1.82) is 0 Å². The van der Waals surface area contributed by atoms with E-state index in [1.807, 2.05) is 0 Å². The molecule has 3 N–H and O–H groups in total. The normalized spacial score (nSPS) is 16.7. The summed E-state index contributed by atoms with van der Waals surface area (Å²) in [5, 5.41) is 13.9. The van der Waals surface area contributed by atoms with Crippen molar-refractivity contribution in [2.45, 2.75) is 37.6 Å². The van der Waals surface area contributed by atoms with Crippen molar-refractivity contribution in [2.75, 3.05) is 6.54 Å². The SMILES string of the molecule is NCC1(NC(=O)Cc2ccc([N+](=O)[O-])cc2Cl)CCCC1. The molecule has 0 spiro atoms. The van der Waals surface area contributed by atoms with Crippen LogP contribution in [-0.2, 0) is 11.2 Å². The highest BCUT2D eigenvalue weighted by Gasteiger charge is 2.33. The van der Waals surface area contributed by atoms with Gasteiger partial charge in [-0.15, -0.1) is 0 Å². The van der Waals surface area contributed by atoms with E-state index in [4.69, 9.17) is 17.3 Å². The van der Waals surface area contributed by atoms with Crippen LogP contribution < -0.4 is 11.1 Å². The Labute approximate surface area is 127 Å². The minimum Gasteiger partial charge on any atom is -0.349 e. The van der Waals surface area contributed by atoms with Gasteiger partial charge in [0.25, 0.3) is 5.69 Å². The first kappa shape index (κ1) is 15.7. The number of nitrogens with two attached hydrogens (primary N) is 1. The molecule has 1 aliphatic carbocycles. The summed E-state index contributed by atoms with van der Waals surface area (Å²) < 4.78 is 0. The summed E-state index contributed by atoms with van der Waals surface area (Å²) in [5.74, 6) is -0.155. The van der Waals surface area contributed by atoms with Gasteiger partial charge in [0.1, 0.15) is 0 Å². The number of non-ortho nitro benzene ring substituents is 1. The molecule has 0 unspecified atom stereocenters. The third kappa shape index (κ3) is 3.71. The van der Waals surface area contributed by atoms with Crippen molar-refractivity contribution >= 4 is 23.2 Å². The van der Waals surface area contributed by atoms with Crippen LogP contribution in [0.5, 0.6) is 0 Å². The number of nitro groups is 1. The summed E-state index contributed by atoms with van der Waals surface area (Å²) in [4.78, 5) is 22.3. The Morgan fingerprint density at radius 3 is 2.62 bits per heavy atom. The Hall–Kier alpha value is -1.66. The van der Waals surface area contributed by atoms with E-state index >= 15 is 0 Å². The number of halogens is 1. The number of benzene rings is 1. The van der Waals surface area contributed by atoms with Gasteiger partial charge >= 0.3 is 0 Å². The molecule has 21 heavy (non-hydrogen) atoms. The lowest BCUT2D eigenvalue weighted by Gasteiger charge is -2.28. The van der Waals surface area contributed by atoms with E-state index in [0.29, 0.717) is 12.1 Å². The van der Waals surface area contributed by atoms with Gasteiger partial charge in [0, 0.05) is 18.7 Å². The second-order valence-electron chi connectivity index (χ2n) is 5.45. The smallest absolute Gasteiger partial charge is 0.270 e. The molecule has 1 saturated carbocycles.